The van der Waals surface area contributed by atoms with Crippen molar-refractivity contribution in [3.05, 3.63) is 52.2 Å². The number of carboxylic acid groups (broad SMARTS) is 1. The average molecular weight is 270 g/mol. The quantitative estimate of drug-likeness (QED) is 0.724. The molecule has 0 unspecified atom stereocenters. The number of ether oxygens (including phenoxy) is 1. The first-order valence-corrected chi connectivity index (χ1v) is 5.88. The van der Waals surface area contributed by atoms with Crippen LogP contribution in [0.25, 0.3) is 21.9 Å². The topological polar surface area (TPSA) is 76.7 Å². The van der Waals surface area contributed by atoms with Crippen LogP contribution in [-0.4, -0.2) is 18.2 Å². The minimum Gasteiger partial charge on any atom is -0.493 e. The number of aromatic carboxylic acids is 1. The lowest BCUT2D eigenvalue weighted by Crippen LogP contribution is -2.05. The number of rotatable bonds is 2. The van der Waals surface area contributed by atoms with E-state index in [2.05, 4.69) is 0 Å². The van der Waals surface area contributed by atoms with Gasteiger partial charge in [-0.05, 0) is 30.3 Å². The molecule has 0 saturated carbocycles. The second kappa shape index (κ2) is 4.38. The SMILES string of the molecule is COc1cccc2c(=O)c3cc(C(=O)O)ccc3oc12. The van der Waals surface area contributed by atoms with E-state index in [9.17, 15) is 9.59 Å². The molecule has 0 aliphatic heterocycles. The van der Waals surface area contributed by atoms with Gasteiger partial charge in [0.05, 0.1) is 23.4 Å². The van der Waals surface area contributed by atoms with Crippen LogP contribution in [0.15, 0.2) is 45.6 Å². The third kappa shape index (κ3) is 1.72. The number of hydrogen-bond acceptors (Lipinski definition) is 4. The molecule has 3 aromatic rings. The van der Waals surface area contributed by atoms with Gasteiger partial charge in [0.25, 0.3) is 0 Å². The molecule has 0 fully saturated rings. The Morgan fingerprint density at radius 1 is 1.20 bits per heavy atom. The third-order valence-corrected chi connectivity index (χ3v) is 3.13. The molecular weight excluding hydrogens is 260 g/mol. The molecule has 20 heavy (non-hydrogen) atoms. The summed E-state index contributed by atoms with van der Waals surface area (Å²) in [5.41, 5.74) is 0.461. The van der Waals surface area contributed by atoms with Crippen molar-refractivity contribution in [3.63, 3.8) is 0 Å². The Kier molecular flexibility index (Phi) is 2.68. The van der Waals surface area contributed by atoms with Gasteiger partial charge >= 0.3 is 5.97 Å². The van der Waals surface area contributed by atoms with Gasteiger partial charge in [-0.3, -0.25) is 4.79 Å². The van der Waals surface area contributed by atoms with Crippen molar-refractivity contribution in [1.82, 2.24) is 0 Å². The van der Waals surface area contributed by atoms with Crippen molar-refractivity contribution in [3.8, 4) is 5.75 Å². The number of carbonyl (C=O) groups is 1. The number of benzene rings is 2. The molecule has 3 rings (SSSR count). The van der Waals surface area contributed by atoms with Gasteiger partial charge in [0.15, 0.2) is 11.3 Å². The molecule has 0 amide bonds. The lowest BCUT2D eigenvalue weighted by molar-refractivity contribution is 0.0697. The van der Waals surface area contributed by atoms with E-state index < -0.39 is 5.97 Å². The molecule has 0 atom stereocenters. The molecule has 0 spiro atoms. The predicted molar refractivity (Wildman–Crippen MR) is 73.5 cm³/mol. The Bertz CT molecular complexity index is 892. The fraction of sp³-hybridized carbons (Fsp3) is 0.0667. The van der Waals surface area contributed by atoms with Crippen LogP contribution in [0, 0.1) is 0 Å². The summed E-state index contributed by atoms with van der Waals surface area (Å²) in [4.78, 5) is 23.4. The third-order valence-electron chi connectivity index (χ3n) is 3.13. The van der Waals surface area contributed by atoms with Crippen molar-refractivity contribution in [2.75, 3.05) is 7.11 Å². The molecule has 2 aromatic carbocycles. The monoisotopic (exact) mass is 270 g/mol. The Morgan fingerprint density at radius 2 is 2.00 bits per heavy atom. The highest BCUT2D eigenvalue weighted by Gasteiger charge is 2.13. The molecule has 0 bridgehead atoms. The summed E-state index contributed by atoms with van der Waals surface area (Å²) >= 11 is 0. The molecule has 1 aromatic heterocycles. The predicted octanol–water partition coefficient (Wildman–Crippen LogP) is 2.65. The van der Waals surface area contributed by atoms with Crippen LogP contribution in [0.2, 0.25) is 0 Å². The number of hydrogen-bond donors (Lipinski definition) is 1. The van der Waals surface area contributed by atoms with Crippen molar-refractivity contribution in [2.45, 2.75) is 0 Å². The average Bonchev–Trinajstić information content (AvgIpc) is 2.46. The van der Waals surface area contributed by atoms with Crippen molar-refractivity contribution in [2.24, 2.45) is 0 Å². The minimum absolute atomic E-state index is 0.0482. The molecule has 5 heteroatoms. The normalized spacial score (nSPS) is 10.8. The number of fused-ring (bicyclic) bond motifs is 2. The number of carboxylic acids is 1. The summed E-state index contributed by atoms with van der Waals surface area (Å²) in [6.07, 6.45) is 0. The second-order valence-electron chi connectivity index (χ2n) is 4.28. The van der Waals surface area contributed by atoms with Gasteiger partial charge in [0.1, 0.15) is 5.58 Å². The van der Waals surface area contributed by atoms with Crippen molar-refractivity contribution >= 4 is 27.9 Å². The molecule has 1 N–H and O–H groups in total. The van der Waals surface area contributed by atoms with Gasteiger partial charge in [-0.15, -0.1) is 0 Å². The zero-order valence-corrected chi connectivity index (χ0v) is 10.5. The molecule has 0 saturated heterocycles. The van der Waals surface area contributed by atoms with E-state index in [1.807, 2.05) is 0 Å². The minimum atomic E-state index is -1.09. The highest BCUT2D eigenvalue weighted by molar-refractivity contribution is 5.97. The zero-order chi connectivity index (χ0) is 14.3. The van der Waals surface area contributed by atoms with Crippen LogP contribution in [0.3, 0.4) is 0 Å². The lowest BCUT2D eigenvalue weighted by Gasteiger charge is -2.06. The summed E-state index contributed by atoms with van der Waals surface area (Å²) in [7, 11) is 1.49. The number of methoxy groups -OCH3 is 1. The highest BCUT2D eigenvalue weighted by atomic mass is 16.5. The Hall–Kier alpha value is -2.82. The zero-order valence-electron chi connectivity index (χ0n) is 10.5. The van der Waals surface area contributed by atoms with E-state index in [1.165, 1.54) is 25.3 Å². The molecule has 1 heterocycles. The van der Waals surface area contributed by atoms with E-state index in [1.54, 1.807) is 18.2 Å². The Labute approximate surface area is 113 Å². The maximum Gasteiger partial charge on any atom is 0.335 e. The fourth-order valence-electron chi connectivity index (χ4n) is 2.15. The largest absolute Gasteiger partial charge is 0.493 e. The molecule has 0 radical (unpaired) electrons. The lowest BCUT2D eigenvalue weighted by atomic mass is 10.1. The summed E-state index contributed by atoms with van der Waals surface area (Å²) in [5.74, 6) is -0.624. The van der Waals surface area contributed by atoms with Crippen LogP contribution in [0.5, 0.6) is 5.75 Å². The standard InChI is InChI=1S/C15H10O5/c1-19-12-4-2-3-9-13(16)10-7-8(15(17)18)5-6-11(10)20-14(9)12/h2-7H,1H3,(H,17,18). The van der Waals surface area contributed by atoms with Gasteiger partial charge in [-0.25, -0.2) is 4.79 Å². The fourth-order valence-corrected chi connectivity index (χ4v) is 2.15. The van der Waals surface area contributed by atoms with E-state index >= 15 is 0 Å². The summed E-state index contributed by atoms with van der Waals surface area (Å²) in [6.45, 7) is 0. The first-order chi connectivity index (χ1) is 9.61. The molecule has 0 aliphatic carbocycles. The van der Waals surface area contributed by atoms with Crippen LogP contribution >= 0.6 is 0 Å². The smallest absolute Gasteiger partial charge is 0.335 e. The second-order valence-corrected chi connectivity index (χ2v) is 4.28. The van der Waals surface area contributed by atoms with E-state index in [0.717, 1.165) is 0 Å². The van der Waals surface area contributed by atoms with Crippen LogP contribution < -0.4 is 10.2 Å². The molecular formula is C15H10O5. The summed E-state index contributed by atoms with van der Waals surface area (Å²) < 4.78 is 10.8. The molecule has 0 aliphatic rings. The maximum absolute atomic E-state index is 12.4. The Morgan fingerprint density at radius 3 is 2.70 bits per heavy atom. The van der Waals surface area contributed by atoms with Gasteiger partial charge in [0.2, 0.25) is 5.43 Å². The van der Waals surface area contributed by atoms with Crippen LogP contribution in [-0.2, 0) is 0 Å². The summed E-state index contributed by atoms with van der Waals surface area (Å²) in [5, 5.41) is 9.58. The molecule has 100 valence electrons. The van der Waals surface area contributed by atoms with Gasteiger partial charge in [-0.2, -0.15) is 0 Å². The first kappa shape index (κ1) is 12.2. The summed E-state index contributed by atoms with van der Waals surface area (Å²) in [6, 6.07) is 9.20. The van der Waals surface area contributed by atoms with Gasteiger partial charge < -0.3 is 14.3 Å². The molecule has 5 nitrogen and oxygen atoms in total. The van der Waals surface area contributed by atoms with Gasteiger partial charge in [-0.1, -0.05) is 6.07 Å². The van der Waals surface area contributed by atoms with Crippen LogP contribution in [0.1, 0.15) is 10.4 Å². The highest BCUT2D eigenvalue weighted by Crippen LogP contribution is 2.27. The number of para-hydroxylation sites is 1. The Balaban J connectivity index is 2.47. The van der Waals surface area contributed by atoms with Crippen LogP contribution in [0.4, 0.5) is 0 Å². The van der Waals surface area contributed by atoms with Crippen molar-refractivity contribution in [1.29, 1.82) is 0 Å². The maximum atomic E-state index is 12.4. The van der Waals surface area contributed by atoms with Gasteiger partial charge in [0, 0.05) is 0 Å². The van der Waals surface area contributed by atoms with E-state index in [4.69, 9.17) is 14.3 Å². The van der Waals surface area contributed by atoms with E-state index in [-0.39, 0.29) is 16.4 Å². The first-order valence-electron chi connectivity index (χ1n) is 5.88. The van der Waals surface area contributed by atoms with E-state index in [0.29, 0.717) is 22.3 Å². The van der Waals surface area contributed by atoms with Crippen molar-refractivity contribution < 1.29 is 19.1 Å².